The van der Waals surface area contributed by atoms with E-state index in [2.05, 4.69) is 57.2 Å². The van der Waals surface area contributed by atoms with Crippen molar-refractivity contribution in [2.45, 2.75) is 13.0 Å². The Hall–Kier alpha value is -3.92. The van der Waals surface area contributed by atoms with Gasteiger partial charge in [0.05, 0.1) is 11.4 Å². The normalized spacial score (nSPS) is 11.9. The van der Waals surface area contributed by atoms with Gasteiger partial charge in [0.2, 0.25) is 0 Å². The summed E-state index contributed by atoms with van der Waals surface area (Å²) < 4.78 is 2.06. The van der Waals surface area contributed by atoms with Crippen LogP contribution in [-0.2, 0) is 13.0 Å². The van der Waals surface area contributed by atoms with Crippen LogP contribution in [0.25, 0.3) is 33.3 Å². The molecule has 0 bridgehead atoms. The summed E-state index contributed by atoms with van der Waals surface area (Å²) in [6.45, 7) is 0.908. The molecule has 0 fully saturated rings. The van der Waals surface area contributed by atoms with Crippen molar-refractivity contribution in [3.05, 3.63) is 103 Å². The molecule has 5 aromatic rings. The lowest BCUT2D eigenvalue weighted by molar-refractivity contribution is 0.475. The standard InChI is InChI=1S/C17H14N2O.C9H7N/c20-14-6-3-5-13(10-14)16-11-17-15-7-2-1-4-12(15)8-9-19(17)18-16;1-2-4-9-7-10-6-5-8(9)3-1/h1-7,10-11,20H,8-9H2;1-7H. The molecule has 4 nitrogen and oxygen atoms in total. The molecule has 0 atom stereocenters. The zero-order valence-electron chi connectivity index (χ0n) is 16.4. The molecule has 0 aliphatic carbocycles. The first-order valence-electron chi connectivity index (χ1n) is 10.0. The first kappa shape index (κ1) is 18.1. The molecule has 1 aliphatic heterocycles. The van der Waals surface area contributed by atoms with Gasteiger partial charge in [0.25, 0.3) is 0 Å². The minimum atomic E-state index is 0.272. The third-order valence-corrected chi connectivity index (χ3v) is 5.36. The van der Waals surface area contributed by atoms with E-state index in [9.17, 15) is 5.11 Å². The van der Waals surface area contributed by atoms with Gasteiger partial charge in [0.15, 0.2) is 0 Å². The predicted molar refractivity (Wildman–Crippen MR) is 120 cm³/mol. The van der Waals surface area contributed by atoms with E-state index in [1.165, 1.54) is 21.9 Å². The van der Waals surface area contributed by atoms with Gasteiger partial charge in [-0.25, -0.2) is 0 Å². The molecule has 0 radical (unpaired) electrons. The number of phenolic OH excluding ortho intramolecular Hbond substituents is 1. The van der Waals surface area contributed by atoms with Crippen molar-refractivity contribution in [3.63, 3.8) is 0 Å². The second-order valence-electron chi connectivity index (χ2n) is 7.32. The quantitative estimate of drug-likeness (QED) is 0.398. The number of fused-ring (bicyclic) bond motifs is 4. The molecule has 3 heterocycles. The average molecular weight is 391 g/mol. The van der Waals surface area contributed by atoms with Gasteiger partial charge in [-0.05, 0) is 47.0 Å². The molecule has 0 unspecified atom stereocenters. The van der Waals surface area contributed by atoms with Gasteiger partial charge in [-0.15, -0.1) is 0 Å². The van der Waals surface area contributed by atoms with E-state index in [1.807, 2.05) is 42.7 Å². The van der Waals surface area contributed by atoms with Crippen molar-refractivity contribution in [2.24, 2.45) is 0 Å². The van der Waals surface area contributed by atoms with Crippen molar-refractivity contribution in [1.82, 2.24) is 14.8 Å². The average Bonchev–Trinajstić information content (AvgIpc) is 3.25. The SMILES string of the molecule is Oc1cccc(-c2cc3n(n2)CCc2ccccc2-3)c1.c1ccc2cnccc2c1. The highest BCUT2D eigenvalue weighted by atomic mass is 16.3. The molecule has 0 saturated carbocycles. The topological polar surface area (TPSA) is 50.9 Å². The van der Waals surface area contributed by atoms with Crippen LogP contribution in [-0.4, -0.2) is 19.9 Å². The van der Waals surface area contributed by atoms with Crippen LogP contribution in [0, 0.1) is 0 Å². The fraction of sp³-hybridized carbons (Fsp3) is 0.0769. The number of phenols is 1. The summed E-state index contributed by atoms with van der Waals surface area (Å²) in [6, 6.07) is 28.0. The van der Waals surface area contributed by atoms with Crippen molar-refractivity contribution >= 4 is 10.8 Å². The number of nitrogens with zero attached hydrogens (tertiary/aromatic N) is 3. The minimum Gasteiger partial charge on any atom is -0.508 e. The van der Waals surface area contributed by atoms with E-state index in [4.69, 9.17) is 0 Å². The Morgan fingerprint density at radius 1 is 0.800 bits per heavy atom. The zero-order chi connectivity index (χ0) is 20.3. The van der Waals surface area contributed by atoms with Crippen LogP contribution in [0.15, 0.2) is 97.3 Å². The number of pyridine rings is 1. The van der Waals surface area contributed by atoms with Crippen molar-refractivity contribution in [3.8, 4) is 28.3 Å². The number of aromatic hydroxyl groups is 1. The third-order valence-electron chi connectivity index (χ3n) is 5.36. The second-order valence-corrected chi connectivity index (χ2v) is 7.32. The Morgan fingerprint density at radius 3 is 2.50 bits per heavy atom. The molecule has 0 spiro atoms. The van der Waals surface area contributed by atoms with Crippen LogP contribution in [0.1, 0.15) is 5.56 Å². The second kappa shape index (κ2) is 7.84. The Kier molecular flexibility index (Phi) is 4.74. The molecule has 2 aromatic heterocycles. The Morgan fingerprint density at radius 2 is 1.63 bits per heavy atom. The van der Waals surface area contributed by atoms with E-state index < -0.39 is 0 Å². The number of hydrogen-bond acceptors (Lipinski definition) is 3. The van der Waals surface area contributed by atoms with E-state index in [0.717, 1.165) is 29.9 Å². The molecule has 146 valence electrons. The maximum absolute atomic E-state index is 9.60. The predicted octanol–water partition coefficient (Wildman–Crippen LogP) is 5.71. The first-order valence-corrected chi connectivity index (χ1v) is 10.0. The molecule has 1 N–H and O–H groups in total. The number of benzene rings is 3. The summed E-state index contributed by atoms with van der Waals surface area (Å²) in [5, 5.41) is 16.7. The van der Waals surface area contributed by atoms with Gasteiger partial charge in [0, 0.05) is 30.1 Å². The number of aryl methyl sites for hydroxylation is 2. The molecule has 6 rings (SSSR count). The number of aromatic nitrogens is 3. The summed E-state index contributed by atoms with van der Waals surface area (Å²) in [5.41, 5.74) is 5.65. The molecule has 30 heavy (non-hydrogen) atoms. The van der Waals surface area contributed by atoms with Crippen LogP contribution in [0.5, 0.6) is 5.75 Å². The molecular formula is C26H21N3O. The molecule has 0 amide bonds. The van der Waals surface area contributed by atoms with Gasteiger partial charge in [0.1, 0.15) is 5.75 Å². The maximum Gasteiger partial charge on any atom is 0.116 e. The largest absolute Gasteiger partial charge is 0.508 e. The van der Waals surface area contributed by atoms with Crippen LogP contribution in [0.4, 0.5) is 0 Å². The Balaban J connectivity index is 0.000000161. The zero-order valence-corrected chi connectivity index (χ0v) is 16.4. The van der Waals surface area contributed by atoms with Gasteiger partial charge in [-0.2, -0.15) is 5.10 Å². The van der Waals surface area contributed by atoms with Crippen molar-refractivity contribution < 1.29 is 5.11 Å². The molecular weight excluding hydrogens is 370 g/mol. The van der Waals surface area contributed by atoms with Crippen molar-refractivity contribution in [1.29, 1.82) is 0 Å². The van der Waals surface area contributed by atoms with Crippen molar-refractivity contribution in [2.75, 3.05) is 0 Å². The molecule has 0 saturated heterocycles. The summed E-state index contributed by atoms with van der Waals surface area (Å²) >= 11 is 0. The highest BCUT2D eigenvalue weighted by molar-refractivity contribution is 5.81. The summed E-state index contributed by atoms with van der Waals surface area (Å²) in [6.07, 6.45) is 4.70. The smallest absolute Gasteiger partial charge is 0.116 e. The molecule has 3 aromatic carbocycles. The number of hydrogen-bond donors (Lipinski definition) is 1. The Labute approximate surface area is 175 Å². The fourth-order valence-electron chi connectivity index (χ4n) is 3.85. The van der Waals surface area contributed by atoms with Crippen LogP contribution < -0.4 is 0 Å². The van der Waals surface area contributed by atoms with E-state index in [0.29, 0.717) is 0 Å². The van der Waals surface area contributed by atoms with E-state index >= 15 is 0 Å². The highest BCUT2D eigenvalue weighted by Crippen LogP contribution is 2.32. The van der Waals surface area contributed by atoms with Gasteiger partial charge >= 0.3 is 0 Å². The number of rotatable bonds is 1. The van der Waals surface area contributed by atoms with Gasteiger partial charge in [-0.3, -0.25) is 9.67 Å². The lowest BCUT2D eigenvalue weighted by Gasteiger charge is -2.17. The molecule has 1 aliphatic rings. The Bertz CT molecular complexity index is 1260. The van der Waals surface area contributed by atoms with E-state index in [1.54, 1.807) is 12.1 Å². The fourth-order valence-corrected chi connectivity index (χ4v) is 3.85. The lowest BCUT2D eigenvalue weighted by atomic mass is 9.98. The van der Waals surface area contributed by atoms with Crippen LogP contribution in [0.2, 0.25) is 0 Å². The third kappa shape index (κ3) is 3.55. The summed E-state index contributed by atoms with van der Waals surface area (Å²) in [7, 11) is 0. The lowest BCUT2D eigenvalue weighted by Crippen LogP contribution is -2.11. The van der Waals surface area contributed by atoms with Gasteiger partial charge in [-0.1, -0.05) is 60.7 Å². The highest BCUT2D eigenvalue weighted by Gasteiger charge is 2.18. The minimum absolute atomic E-state index is 0.272. The monoisotopic (exact) mass is 391 g/mol. The van der Waals surface area contributed by atoms with Crippen LogP contribution in [0.3, 0.4) is 0 Å². The first-order chi connectivity index (χ1) is 14.8. The van der Waals surface area contributed by atoms with Crippen LogP contribution >= 0.6 is 0 Å². The summed E-state index contributed by atoms with van der Waals surface area (Å²) in [4.78, 5) is 4.01. The molecule has 4 heteroatoms. The summed E-state index contributed by atoms with van der Waals surface area (Å²) in [5.74, 6) is 0.272. The maximum atomic E-state index is 9.60. The van der Waals surface area contributed by atoms with E-state index in [-0.39, 0.29) is 5.75 Å². The van der Waals surface area contributed by atoms with Gasteiger partial charge < -0.3 is 5.11 Å².